The molecule has 2 fully saturated rings. The average molecular weight is 729 g/mol. The summed E-state index contributed by atoms with van der Waals surface area (Å²) >= 11 is 1.89. The van der Waals surface area contributed by atoms with Gasteiger partial charge in [-0.2, -0.15) is 11.8 Å². The number of hydrogen-bond acceptors (Lipinski definition) is 9. The Bertz CT molecular complexity index is 1500. The Balaban J connectivity index is 1.04. The van der Waals surface area contributed by atoms with Gasteiger partial charge in [0.2, 0.25) is 5.91 Å². The minimum atomic E-state index is -1.50. The highest BCUT2D eigenvalue weighted by Crippen LogP contribution is 2.50. The lowest BCUT2D eigenvalue weighted by Gasteiger charge is -2.45. The number of ketones is 1. The summed E-state index contributed by atoms with van der Waals surface area (Å²) < 4.78 is 11.0. The van der Waals surface area contributed by atoms with Crippen LogP contribution in [0.25, 0.3) is 0 Å². The van der Waals surface area contributed by atoms with E-state index < -0.39 is 23.1 Å². The number of hydrogen-bond donors (Lipinski definition) is 6. The normalized spacial score (nSPS) is 23.6. The van der Waals surface area contributed by atoms with Gasteiger partial charge in [0.25, 0.3) is 0 Å². The number of aliphatic hydroxyl groups is 1. The van der Waals surface area contributed by atoms with Crippen LogP contribution >= 0.6 is 11.8 Å². The van der Waals surface area contributed by atoms with Gasteiger partial charge in [-0.25, -0.2) is 14.4 Å². The van der Waals surface area contributed by atoms with Crippen LogP contribution in [-0.2, 0) is 19.9 Å². The van der Waals surface area contributed by atoms with Gasteiger partial charge in [-0.15, -0.1) is 0 Å². The van der Waals surface area contributed by atoms with Gasteiger partial charge >= 0.3 is 18.1 Å². The number of carboxylic acids is 1. The van der Waals surface area contributed by atoms with Crippen LogP contribution < -0.4 is 26.0 Å². The van der Waals surface area contributed by atoms with E-state index in [-0.39, 0.29) is 49.4 Å². The second-order valence-electron chi connectivity index (χ2n) is 14.1. The number of aliphatic carboxylic acids is 1. The van der Waals surface area contributed by atoms with E-state index in [1.165, 1.54) is 0 Å². The van der Waals surface area contributed by atoms with E-state index in [2.05, 4.69) is 21.3 Å². The number of Topliss-reactive ketones (excluding diaryl/α,β-unsaturated/α-hetero) is 1. The lowest BCUT2D eigenvalue weighted by Crippen LogP contribution is -2.46. The highest BCUT2D eigenvalue weighted by atomic mass is 32.2. The Morgan fingerprint density at radius 1 is 1.02 bits per heavy atom. The molecule has 13 nitrogen and oxygen atoms in total. The van der Waals surface area contributed by atoms with Crippen LogP contribution in [0, 0.1) is 5.41 Å². The molecule has 3 aliphatic rings. The number of thioether (sulfide) groups is 1. The van der Waals surface area contributed by atoms with Crippen molar-refractivity contribution < 1.29 is 43.7 Å². The zero-order valence-corrected chi connectivity index (χ0v) is 30.6. The lowest BCUT2D eigenvalue weighted by atomic mass is 9.62. The SMILES string of the molecule is CC(=C/C(=O)O)/C=C/[C@@]1(O)c2ccc(OCCCOC(=O)NCCCCCNC(=O)CCCC[C@@H]3SC[C@@H]4NC(=O)N[C@@H]43)cc2C(=O)CC1(C)C. The van der Waals surface area contributed by atoms with Crippen molar-refractivity contribution in [1.29, 1.82) is 0 Å². The van der Waals surface area contributed by atoms with Gasteiger partial charge < -0.3 is 41.0 Å². The van der Waals surface area contributed by atoms with Crippen molar-refractivity contribution >= 4 is 41.5 Å². The number of rotatable bonds is 19. The van der Waals surface area contributed by atoms with Crippen molar-refractivity contribution in [3.05, 3.63) is 53.1 Å². The molecule has 0 unspecified atom stereocenters. The molecule has 2 aliphatic heterocycles. The first-order valence-electron chi connectivity index (χ1n) is 17.8. The van der Waals surface area contributed by atoms with Crippen LogP contribution in [0.5, 0.6) is 5.75 Å². The molecular weight excluding hydrogens is 676 g/mol. The van der Waals surface area contributed by atoms with Crippen LogP contribution in [0.1, 0.15) is 94.5 Å². The fraction of sp³-hybridized carbons (Fsp3) is 0.595. The quantitative estimate of drug-likeness (QED) is 0.0509. The van der Waals surface area contributed by atoms with Crippen molar-refractivity contribution in [1.82, 2.24) is 21.3 Å². The highest BCUT2D eigenvalue weighted by Gasteiger charge is 2.49. The highest BCUT2D eigenvalue weighted by molar-refractivity contribution is 8.00. The number of amides is 4. The number of ether oxygens (including phenoxy) is 2. The zero-order valence-electron chi connectivity index (χ0n) is 29.8. The van der Waals surface area contributed by atoms with Gasteiger partial charge in [0.15, 0.2) is 5.78 Å². The number of urea groups is 1. The third-order valence-corrected chi connectivity index (χ3v) is 11.1. The predicted molar refractivity (Wildman–Crippen MR) is 194 cm³/mol. The minimum Gasteiger partial charge on any atom is -0.493 e. The van der Waals surface area contributed by atoms with Crippen molar-refractivity contribution in [2.45, 2.75) is 101 Å². The van der Waals surface area contributed by atoms with Crippen molar-refractivity contribution in [2.24, 2.45) is 5.41 Å². The van der Waals surface area contributed by atoms with Crippen LogP contribution in [0.15, 0.2) is 42.0 Å². The second-order valence-corrected chi connectivity index (χ2v) is 15.3. The summed E-state index contributed by atoms with van der Waals surface area (Å²) in [6.07, 6.45) is 9.86. The van der Waals surface area contributed by atoms with E-state index in [0.29, 0.717) is 53.6 Å². The molecule has 4 rings (SSSR count). The molecule has 0 bridgehead atoms. The molecule has 280 valence electrons. The molecule has 6 N–H and O–H groups in total. The monoisotopic (exact) mass is 728 g/mol. The van der Waals surface area contributed by atoms with Gasteiger partial charge in [-0.3, -0.25) is 9.59 Å². The summed E-state index contributed by atoms with van der Waals surface area (Å²) in [5.74, 6) is 0.235. The number of carbonyl (C=O) groups excluding carboxylic acids is 4. The molecule has 0 aromatic heterocycles. The standard InChI is InChI=1S/C37H52N4O9S/c1-24(20-32(44)45)14-15-37(48)27-13-12-25(21-26(27)29(42)22-36(37,2)3)49-18-9-19-50-35(47)39-17-8-4-7-16-38-31(43)11-6-5-10-30-33-28(23-51-30)40-34(46)41-33/h12-15,20-21,28,30,33,48H,4-11,16-19,22-23H2,1-3H3,(H,38,43)(H,39,47)(H,44,45)(H2,40,41,46)/b15-14+,24-20-/t28-,30-,33-,37+/m0/s1. The number of nitrogens with one attached hydrogen (secondary N) is 4. The summed E-state index contributed by atoms with van der Waals surface area (Å²) in [4.78, 5) is 59.7. The van der Waals surface area contributed by atoms with E-state index in [1.54, 1.807) is 51.1 Å². The molecule has 14 heteroatoms. The Morgan fingerprint density at radius 2 is 1.78 bits per heavy atom. The van der Waals surface area contributed by atoms with Crippen molar-refractivity contribution in [2.75, 3.05) is 32.1 Å². The molecule has 0 radical (unpaired) electrons. The fourth-order valence-corrected chi connectivity index (χ4v) is 8.20. The molecule has 4 amide bonds. The first-order valence-corrected chi connectivity index (χ1v) is 18.8. The molecule has 1 aliphatic carbocycles. The third-order valence-electron chi connectivity index (χ3n) is 9.59. The Morgan fingerprint density at radius 3 is 2.55 bits per heavy atom. The average Bonchev–Trinajstić information content (AvgIpc) is 3.62. The van der Waals surface area contributed by atoms with E-state index in [0.717, 1.165) is 50.4 Å². The van der Waals surface area contributed by atoms with E-state index in [4.69, 9.17) is 14.6 Å². The minimum absolute atomic E-state index is 0.0527. The molecule has 0 spiro atoms. The lowest BCUT2D eigenvalue weighted by molar-refractivity contribution is -0.131. The zero-order chi connectivity index (χ0) is 37.0. The number of benzene rings is 1. The fourth-order valence-electron chi connectivity index (χ4n) is 6.65. The van der Waals surface area contributed by atoms with Gasteiger partial charge in [0.05, 0.1) is 25.3 Å². The van der Waals surface area contributed by atoms with Crippen LogP contribution in [0.3, 0.4) is 0 Å². The van der Waals surface area contributed by atoms with Gasteiger partial charge in [0, 0.05) is 60.4 Å². The van der Waals surface area contributed by atoms with Crippen molar-refractivity contribution in [3.8, 4) is 5.75 Å². The summed E-state index contributed by atoms with van der Waals surface area (Å²) in [7, 11) is 0. The van der Waals surface area contributed by atoms with Gasteiger partial charge in [-0.1, -0.05) is 32.4 Å². The Labute approximate surface area is 303 Å². The van der Waals surface area contributed by atoms with Crippen LogP contribution in [0.2, 0.25) is 0 Å². The number of carbonyl (C=O) groups is 5. The molecule has 0 saturated carbocycles. The Hall–Kier alpha value is -4.04. The number of carboxylic acid groups (broad SMARTS) is 1. The Kier molecular flexibility index (Phi) is 14.4. The summed E-state index contributed by atoms with van der Waals surface area (Å²) in [6.45, 7) is 6.69. The molecular formula is C37H52N4O9S. The maximum atomic E-state index is 13.0. The topological polar surface area (TPSA) is 192 Å². The van der Waals surface area contributed by atoms with E-state index in [1.807, 2.05) is 11.8 Å². The van der Waals surface area contributed by atoms with E-state index >= 15 is 0 Å². The number of allylic oxidation sites excluding steroid dienone is 2. The van der Waals surface area contributed by atoms with Crippen molar-refractivity contribution in [3.63, 3.8) is 0 Å². The summed E-state index contributed by atoms with van der Waals surface area (Å²) in [5.41, 5.74) is -1.10. The summed E-state index contributed by atoms with van der Waals surface area (Å²) in [5, 5.41) is 32.8. The largest absolute Gasteiger partial charge is 0.493 e. The van der Waals surface area contributed by atoms with Gasteiger partial charge in [0.1, 0.15) is 11.4 Å². The third kappa shape index (κ3) is 11.2. The first-order chi connectivity index (χ1) is 24.3. The molecule has 2 saturated heterocycles. The maximum absolute atomic E-state index is 13.0. The molecule has 1 aromatic carbocycles. The molecule has 4 atom stereocenters. The van der Waals surface area contributed by atoms with Gasteiger partial charge in [-0.05, 0) is 68.4 Å². The smallest absolute Gasteiger partial charge is 0.407 e. The first kappa shape index (κ1) is 39.7. The number of alkyl carbamates (subject to hydrolysis) is 1. The molecule has 1 aromatic rings. The predicted octanol–water partition coefficient (Wildman–Crippen LogP) is 4.58. The molecule has 2 heterocycles. The van der Waals surface area contributed by atoms with Crippen LogP contribution in [0.4, 0.5) is 9.59 Å². The molecule has 51 heavy (non-hydrogen) atoms. The maximum Gasteiger partial charge on any atom is 0.407 e. The van der Waals surface area contributed by atoms with Crippen LogP contribution in [-0.4, -0.2) is 89.4 Å². The number of fused-ring (bicyclic) bond motifs is 2. The second kappa shape index (κ2) is 18.5. The summed E-state index contributed by atoms with van der Waals surface area (Å²) in [6, 6.07) is 5.29. The van der Waals surface area contributed by atoms with E-state index in [9.17, 15) is 29.1 Å². The number of unbranched alkanes of at least 4 members (excludes halogenated alkanes) is 3.